The van der Waals surface area contributed by atoms with Gasteiger partial charge < -0.3 is 0 Å². The van der Waals surface area contributed by atoms with Gasteiger partial charge in [0.15, 0.2) is 0 Å². The van der Waals surface area contributed by atoms with Gasteiger partial charge >= 0.3 is 0 Å². The monoisotopic (exact) mass is 266 g/mol. The molecule has 0 N–H and O–H groups in total. The molecule has 0 saturated heterocycles. The van der Waals surface area contributed by atoms with Crippen LogP contribution in [0.15, 0.2) is 42.5 Å². The van der Waals surface area contributed by atoms with E-state index in [0.29, 0.717) is 5.92 Å². The van der Waals surface area contributed by atoms with Crippen molar-refractivity contribution in [2.75, 3.05) is 0 Å². The van der Waals surface area contributed by atoms with Crippen LogP contribution in [-0.2, 0) is 6.42 Å². The molecular weight excluding hydrogens is 240 g/mol. The molecule has 0 amide bonds. The summed E-state index contributed by atoms with van der Waals surface area (Å²) in [5, 5.41) is 0. The number of hydrogen-bond donors (Lipinski definition) is 0. The van der Waals surface area contributed by atoms with Crippen LogP contribution < -0.4 is 0 Å². The van der Waals surface area contributed by atoms with Crippen molar-refractivity contribution in [2.45, 2.75) is 51.9 Å². The summed E-state index contributed by atoms with van der Waals surface area (Å²) in [6.07, 6.45) is 11.7. The molecule has 0 bridgehead atoms. The molecule has 1 aromatic carbocycles. The first kappa shape index (κ1) is 13.7. The molecule has 0 aliphatic heterocycles. The minimum Gasteiger partial charge on any atom is -0.102 e. The summed E-state index contributed by atoms with van der Waals surface area (Å²) in [4.78, 5) is 0. The van der Waals surface area contributed by atoms with Crippen LogP contribution in [0.25, 0.3) is 5.57 Å². The van der Waals surface area contributed by atoms with Gasteiger partial charge in [0.25, 0.3) is 0 Å². The van der Waals surface area contributed by atoms with Gasteiger partial charge in [0.05, 0.1) is 0 Å². The molecule has 0 spiro atoms. The van der Waals surface area contributed by atoms with Crippen LogP contribution in [0.5, 0.6) is 0 Å². The first-order chi connectivity index (χ1) is 9.79. The molecule has 20 heavy (non-hydrogen) atoms. The molecule has 0 heteroatoms. The largest absolute Gasteiger partial charge is 0.102 e. The Morgan fingerprint density at radius 1 is 1.15 bits per heavy atom. The molecule has 0 heterocycles. The Morgan fingerprint density at radius 2 is 1.90 bits per heavy atom. The third-order valence-corrected chi connectivity index (χ3v) is 5.32. The second kappa shape index (κ2) is 5.99. The van der Waals surface area contributed by atoms with Crippen molar-refractivity contribution in [2.24, 2.45) is 11.8 Å². The Kier molecular flexibility index (Phi) is 4.10. The summed E-state index contributed by atoms with van der Waals surface area (Å²) in [7, 11) is 0. The predicted octanol–water partition coefficient (Wildman–Crippen LogP) is 5.79. The summed E-state index contributed by atoms with van der Waals surface area (Å²) in [5.74, 6) is 1.45. The molecule has 106 valence electrons. The summed E-state index contributed by atoms with van der Waals surface area (Å²) in [5.41, 5.74) is 6.25. The van der Waals surface area contributed by atoms with E-state index >= 15 is 0 Å². The van der Waals surface area contributed by atoms with Gasteiger partial charge in [-0.15, -0.1) is 6.58 Å². The number of allylic oxidation sites excluding steroid dienone is 3. The number of hydrogen-bond acceptors (Lipinski definition) is 0. The van der Waals surface area contributed by atoms with Crippen LogP contribution in [0.4, 0.5) is 0 Å². The zero-order valence-electron chi connectivity index (χ0n) is 12.7. The summed E-state index contributed by atoms with van der Waals surface area (Å²) < 4.78 is 0. The van der Waals surface area contributed by atoms with E-state index in [1.807, 2.05) is 0 Å². The Labute approximate surface area is 123 Å². The molecule has 1 fully saturated rings. The fraction of sp³-hybridized carbons (Fsp3) is 0.500. The lowest BCUT2D eigenvalue weighted by Gasteiger charge is -2.30. The molecule has 2 aliphatic rings. The van der Waals surface area contributed by atoms with Gasteiger partial charge in [0, 0.05) is 5.92 Å². The van der Waals surface area contributed by atoms with Gasteiger partial charge in [0.2, 0.25) is 0 Å². The Hall–Kier alpha value is -1.30. The maximum atomic E-state index is 4.05. The normalized spacial score (nSPS) is 23.6. The molecule has 2 aliphatic carbocycles. The first-order valence-corrected chi connectivity index (χ1v) is 8.20. The second-order valence-corrected chi connectivity index (χ2v) is 6.57. The SMILES string of the molecule is C=CC1Cc2ccccc2C(CC2CCCCC2)=C1C. The van der Waals surface area contributed by atoms with E-state index in [1.165, 1.54) is 49.7 Å². The fourth-order valence-corrected chi connectivity index (χ4v) is 4.03. The topological polar surface area (TPSA) is 0 Å². The van der Waals surface area contributed by atoms with Crippen molar-refractivity contribution in [1.29, 1.82) is 0 Å². The maximum absolute atomic E-state index is 4.05. The van der Waals surface area contributed by atoms with Gasteiger partial charge in [-0.3, -0.25) is 0 Å². The second-order valence-electron chi connectivity index (χ2n) is 6.57. The van der Waals surface area contributed by atoms with E-state index in [4.69, 9.17) is 0 Å². The van der Waals surface area contributed by atoms with Crippen LogP contribution in [-0.4, -0.2) is 0 Å². The zero-order chi connectivity index (χ0) is 13.9. The van der Waals surface area contributed by atoms with E-state index in [2.05, 4.69) is 43.8 Å². The third-order valence-electron chi connectivity index (χ3n) is 5.32. The van der Waals surface area contributed by atoms with Crippen molar-refractivity contribution < 1.29 is 0 Å². The number of rotatable bonds is 3. The predicted molar refractivity (Wildman–Crippen MR) is 87.6 cm³/mol. The lowest BCUT2D eigenvalue weighted by molar-refractivity contribution is 0.364. The molecule has 0 aromatic heterocycles. The van der Waals surface area contributed by atoms with Crippen molar-refractivity contribution in [3.05, 3.63) is 53.6 Å². The minimum absolute atomic E-state index is 0.545. The van der Waals surface area contributed by atoms with Crippen molar-refractivity contribution in [1.82, 2.24) is 0 Å². The molecule has 1 aromatic rings. The van der Waals surface area contributed by atoms with E-state index in [9.17, 15) is 0 Å². The van der Waals surface area contributed by atoms with Gasteiger partial charge in [-0.1, -0.05) is 68.0 Å². The molecular formula is C20H26. The highest BCUT2D eigenvalue weighted by atomic mass is 14.3. The number of benzene rings is 1. The Bertz CT molecular complexity index is 515. The minimum atomic E-state index is 0.545. The van der Waals surface area contributed by atoms with E-state index < -0.39 is 0 Å². The van der Waals surface area contributed by atoms with Crippen LogP contribution in [0.3, 0.4) is 0 Å². The molecule has 0 radical (unpaired) electrons. The average Bonchev–Trinajstić information content (AvgIpc) is 2.51. The quantitative estimate of drug-likeness (QED) is 0.607. The Balaban J connectivity index is 1.92. The highest BCUT2D eigenvalue weighted by Crippen LogP contribution is 2.41. The summed E-state index contributed by atoms with van der Waals surface area (Å²) in [6.45, 7) is 6.39. The van der Waals surface area contributed by atoms with Crippen molar-refractivity contribution in [3.63, 3.8) is 0 Å². The fourth-order valence-electron chi connectivity index (χ4n) is 4.03. The number of fused-ring (bicyclic) bond motifs is 1. The molecule has 1 unspecified atom stereocenters. The molecule has 3 rings (SSSR count). The highest BCUT2D eigenvalue weighted by molar-refractivity contribution is 5.74. The van der Waals surface area contributed by atoms with Crippen LogP contribution in [0.1, 0.15) is 56.6 Å². The third kappa shape index (κ3) is 2.61. The highest BCUT2D eigenvalue weighted by Gasteiger charge is 2.25. The van der Waals surface area contributed by atoms with Gasteiger partial charge in [-0.25, -0.2) is 0 Å². The molecule has 0 nitrogen and oxygen atoms in total. The summed E-state index contributed by atoms with van der Waals surface area (Å²) in [6, 6.07) is 9.01. The van der Waals surface area contributed by atoms with Crippen LogP contribution in [0.2, 0.25) is 0 Å². The summed E-state index contributed by atoms with van der Waals surface area (Å²) >= 11 is 0. The molecule has 1 atom stereocenters. The van der Waals surface area contributed by atoms with Crippen LogP contribution in [0, 0.1) is 11.8 Å². The van der Waals surface area contributed by atoms with Gasteiger partial charge in [-0.2, -0.15) is 0 Å². The van der Waals surface area contributed by atoms with E-state index in [1.54, 1.807) is 11.1 Å². The van der Waals surface area contributed by atoms with Gasteiger partial charge in [0.1, 0.15) is 0 Å². The standard InChI is InChI=1S/C20H26/c1-3-17-14-18-11-7-8-12-19(18)20(15(17)2)13-16-9-5-4-6-10-16/h3,7-8,11-12,16-17H,1,4-6,9-10,13-14H2,2H3. The van der Waals surface area contributed by atoms with E-state index in [-0.39, 0.29) is 0 Å². The zero-order valence-corrected chi connectivity index (χ0v) is 12.7. The average molecular weight is 266 g/mol. The Morgan fingerprint density at radius 3 is 2.65 bits per heavy atom. The maximum Gasteiger partial charge on any atom is 0.00180 e. The van der Waals surface area contributed by atoms with Gasteiger partial charge in [-0.05, 0) is 42.4 Å². The van der Waals surface area contributed by atoms with Crippen molar-refractivity contribution >= 4 is 5.57 Å². The lowest BCUT2D eigenvalue weighted by Crippen LogP contribution is -2.16. The molecule has 1 saturated carbocycles. The first-order valence-electron chi connectivity index (χ1n) is 8.20. The lowest BCUT2D eigenvalue weighted by atomic mass is 9.74. The van der Waals surface area contributed by atoms with Crippen molar-refractivity contribution in [3.8, 4) is 0 Å². The van der Waals surface area contributed by atoms with E-state index in [0.717, 1.165) is 12.3 Å². The van der Waals surface area contributed by atoms with Crippen LogP contribution >= 0.6 is 0 Å². The smallest absolute Gasteiger partial charge is 0.00180 e.